The minimum Gasteiger partial charge on any atom is -0.460 e. The Bertz CT molecular complexity index is 442. The van der Waals surface area contributed by atoms with E-state index < -0.39 is 0 Å². The van der Waals surface area contributed by atoms with Gasteiger partial charge >= 0.3 is 5.97 Å². The van der Waals surface area contributed by atoms with Crippen LogP contribution in [-0.2, 0) is 16.1 Å². The number of piperidine rings is 1. The summed E-state index contributed by atoms with van der Waals surface area (Å²) in [5.74, 6) is -0.0488. The summed E-state index contributed by atoms with van der Waals surface area (Å²) in [5, 5.41) is 3.30. The molecule has 1 aliphatic heterocycles. The fraction of sp³-hybridized carbons (Fsp3) is 0.533. The zero-order chi connectivity index (χ0) is 13.7. The second-order valence-electron chi connectivity index (χ2n) is 5.05. The smallest absolute Gasteiger partial charge is 0.312 e. The van der Waals surface area contributed by atoms with Crippen LogP contribution in [0, 0.1) is 5.41 Å². The molecule has 0 radical (unpaired) electrons. The van der Waals surface area contributed by atoms with Crippen molar-refractivity contribution in [3.63, 3.8) is 0 Å². The summed E-state index contributed by atoms with van der Waals surface area (Å²) in [7, 11) is 0. The van der Waals surface area contributed by atoms with Crippen molar-refractivity contribution in [3.8, 4) is 0 Å². The third kappa shape index (κ3) is 3.37. The monoisotopic (exact) mass is 325 g/mol. The zero-order valence-corrected chi connectivity index (χ0v) is 12.8. The molecule has 1 N–H and O–H groups in total. The van der Waals surface area contributed by atoms with Crippen LogP contribution in [-0.4, -0.2) is 19.1 Å². The second-order valence-corrected chi connectivity index (χ2v) is 5.91. The quantitative estimate of drug-likeness (QED) is 0.863. The standard InChI is InChI=1S/C15H20BrNO2/c1-2-15(7-9-17-10-8-15)14(18)19-11-12-5-3-4-6-13(12)16/h3-6,17H,2,7-11H2,1H3. The van der Waals surface area contributed by atoms with Gasteiger partial charge in [0.1, 0.15) is 6.61 Å². The molecule has 4 heteroatoms. The number of benzene rings is 1. The van der Waals surface area contributed by atoms with E-state index >= 15 is 0 Å². The highest BCUT2D eigenvalue weighted by molar-refractivity contribution is 9.10. The van der Waals surface area contributed by atoms with Gasteiger partial charge in [-0.1, -0.05) is 41.1 Å². The zero-order valence-electron chi connectivity index (χ0n) is 11.2. The first-order chi connectivity index (χ1) is 9.18. The summed E-state index contributed by atoms with van der Waals surface area (Å²) < 4.78 is 6.53. The van der Waals surface area contributed by atoms with E-state index in [0.29, 0.717) is 6.61 Å². The van der Waals surface area contributed by atoms with Gasteiger partial charge in [-0.3, -0.25) is 4.79 Å². The minimum atomic E-state index is -0.285. The molecule has 1 fully saturated rings. The Labute approximate surface area is 122 Å². The van der Waals surface area contributed by atoms with Crippen LogP contribution in [0.15, 0.2) is 28.7 Å². The van der Waals surface area contributed by atoms with Crippen LogP contribution in [0.3, 0.4) is 0 Å². The summed E-state index contributed by atoms with van der Waals surface area (Å²) >= 11 is 3.47. The number of ether oxygens (including phenoxy) is 1. The second kappa shape index (κ2) is 6.53. The Kier molecular flexibility index (Phi) is 4.99. The lowest BCUT2D eigenvalue weighted by molar-refractivity contribution is -0.159. The molecule has 0 spiro atoms. The fourth-order valence-corrected chi connectivity index (χ4v) is 2.92. The molecule has 0 bridgehead atoms. The average molecular weight is 326 g/mol. The van der Waals surface area contributed by atoms with Gasteiger partial charge in [-0.05, 0) is 38.4 Å². The Morgan fingerprint density at radius 1 is 1.37 bits per heavy atom. The summed E-state index contributed by atoms with van der Waals surface area (Å²) in [5.41, 5.74) is 0.725. The summed E-state index contributed by atoms with van der Waals surface area (Å²) in [6.45, 7) is 4.22. The molecule has 3 nitrogen and oxygen atoms in total. The van der Waals surface area contributed by atoms with Crippen molar-refractivity contribution in [2.24, 2.45) is 5.41 Å². The third-order valence-corrected chi connectivity index (χ3v) is 4.76. The molecule has 1 aliphatic rings. The molecule has 0 amide bonds. The van der Waals surface area contributed by atoms with Crippen LogP contribution in [0.1, 0.15) is 31.7 Å². The first kappa shape index (κ1) is 14.5. The summed E-state index contributed by atoms with van der Waals surface area (Å²) in [6, 6.07) is 7.84. The highest BCUT2D eigenvalue weighted by Crippen LogP contribution is 2.34. The van der Waals surface area contributed by atoms with E-state index in [2.05, 4.69) is 28.2 Å². The molecule has 0 unspecified atom stereocenters. The molecule has 2 rings (SSSR count). The lowest BCUT2D eigenvalue weighted by Gasteiger charge is -2.34. The van der Waals surface area contributed by atoms with E-state index in [9.17, 15) is 4.79 Å². The van der Waals surface area contributed by atoms with Crippen molar-refractivity contribution in [3.05, 3.63) is 34.3 Å². The molecule has 0 aliphatic carbocycles. The summed E-state index contributed by atoms with van der Waals surface area (Å²) in [4.78, 5) is 12.4. The largest absolute Gasteiger partial charge is 0.460 e. The van der Waals surface area contributed by atoms with Crippen LogP contribution in [0.2, 0.25) is 0 Å². The van der Waals surface area contributed by atoms with Crippen LogP contribution >= 0.6 is 15.9 Å². The number of halogens is 1. The van der Waals surface area contributed by atoms with Crippen molar-refractivity contribution >= 4 is 21.9 Å². The molecule has 0 atom stereocenters. The Morgan fingerprint density at radius 3 is 2.68 bits per heavy atom. The topological polar surface area (TPSA) is 38.3 Å². The molecule has 0 aromatic heterocycles. The first-order valence-corrected chi connectivity index (χ1v) is 7.58. The maximum absolute atomic E-state index is 12.4. The number of rotatable bonds is 4. The van der Waals surface area contributed by atoms with E-state index in [1.54, 1.807) is 0 Å². The number of hydrogen-bond acceptors (Lipinski definition) is 3. The van der Waals surface area contributed by atoms with E-state index in [0.717, 1.165) is 42.4 Å². The van der Waals surface area contributed by atoms with Crippen LogP contribution in [0.25, 0.3) is 0 Å². The van der Waals surface area contributed by atoms with Crippen molar-refractivity contribution in [2.45, 2.75) is 32.8 Å². The maximum Gasteiger partial charge on any atom is 0.312 e. The number of esters is 1. The molecule has 0 saturated carbocycles. The van der Waals surface area contributed by atoms with Crippen molar-refractivity contribution < 1.29 is 9.53 Å². The highest BCUT2D eigenvalue weighted by atomic mass is 79.9. The minimum absolute atomic E-state index is 0.0488. The highest BCUT2D eigenvalue weighted by Gasteiger charge is 2.39. The molecule has 19 heavy (non-hydrogen) atoms. The van der Waals surface area contributed by atoms with Crippen LogP contribution in [0.5, 0.6) is 0 Å². The van der Waals surface area contributed by atoms with Crippen LogP contribution < -0.4 is 5.32 Å². The van der Waals surface area contributed by atoms with Gasteiger partial charge in [0.05, 0.1) is 5.41 Å². The van der Waals surface area contributed by atoms with Gasteiger partial charge < -0.3 is 10.1 Å². The lowest BCUT2D eigenvalue weighted by Crippen LogP contribution is -2.42. The molecule has 1 aromatic rings. The number of carbonyl (C=O) groups is 1. The van der Waals surface area contributed by atoms with E-state index in [1.165, 1.54) is 0 Å². The van der Waals surface area contributed by atoms with Gasteiger partial charge in [0.25, 0.3) is 0 Å². The lowest BCUT2D eigenvalue weighted by atomic mass is 9.77. The maximum atomic E-state index is 12.4. The van der Waals surface area contributed by atoms with Gasteiger partial charge in [0.2, 0.25) is 0 Å². The number of carbonyl (C=O) groups excluding carboxylic acids is 1. The first-order valence-electron chi connectivity index (χ1n) is 6.79. The Balaban J connectivity index is 1.98. The fourth-order valence-electron chi connectivity index (χ4n) is 2.52. The normalized spacial score (nSPS) is 18.0. The molecule has 1 aromatic carbocycles. The van der Waals surface area contributed by atoms with Gasteiger partial charge in [-0.15, -0.1) is 0 Å². The van der Waals surface area contributed by atoms with Gasteiger partial charge in [0.15, 0.2) is 0 Å². The molecule has 104 valence electrons. The van der Waals surface area contributed by atoms with Gasteiger partial charge in [-0.2, -0.15) is 0 Å². The molecular weight excluding hydrogens is 306 g/mol. The number of nitrogens with one attached hydrogen (secondary N) is 1. The van der Waals surface area contributed by atoms with E-state index in [-0.39, 0.29) is 11.4 Å². The van der Waals surface area contributed by atoms with Gasteiger partial charge in [0, 0.05) is 10.0 Å². The predicted octanol–water partition coefficient (Wildman–Crippen LogP) is 3.27. The Hall–Kier alpha value is -0.870. The molecule has 1 heterocycles. The molecular formula is C15H20BrNO2. The molecule has 1 saturated heterocycles. The van der Waals surface area contributed by atoms with Crippen molar-refractivity contribution in [2.75, 3.05) is 13.1 Å². The Morgan fingerprint density at radius 2 is 2.05 bits per heavy atom. The van der Waals surface area contributed by atoms with Crippen LogP contribution in [0.4, 0.5) is 0 Å². The van der Waals surface area contributed by atoms with E-state index in [1.807, 2.05) is 24.3 Å². The van der Waals surface area contributed by atoms with Gasteiger partial charge in [-0.25, -0.2) is 0 Å². The van der Waals surface area contributed by atoms with E-state index in [4.69, 9.17) is 4.74 Å². The number of hydrogen-bond donors (Lipinski definition) is 1. The average Bonchev–Trinajstić information content (AvgIpc) is 2.46. The SMILES string of the molecule is CCC1(C(=O)OCc2ccccc2Br)CCNCC1. The predicted molar refractivity (Wildman–Crippen MR) is 78.8 cm³/mol. The van der Waals surface area contributed by atoms with Crippen molar-refractivity contribution in [1.82, 2.24) is 5.32 Å². The third-order valence-electron chi connectivity index (χ3n) is 3.99. The summed E-state index contributed by atoms with van der Waals surface area (Å²) in [6.07, 6.45) is 2.60. The van der Waals surface area contributed by atoms with Crippen molar-refractivity contribution in [1.29, 1.82) is 0 Å².